The summed E-state index contributed by atoms with van der Waals surface area (Å²) in [5.74, 6) is 0.0671. The van der Waals surface area contributed by atoms with Gasteiger partial charge in [0.1, 0.15) is 0 Å². The maximum Gasteiger partial charge on any atom is 0.410 e. The zero-order valence-electron chi connectivity index (χ0n) is 17.5. The first-order valence-corrected chi connectivity index (χ1v) is 10.2. The highest BCUT2D eigenvalue weighted by atomic mass is 16.6. The maximum absolute atomic E-state index is 12.7. The van der Waals surface area contributed by atoms with E-state index in [1.165, 1.54) is 0 Å². The fourth-order valence-corrected chi connectivity index (χ4v) is 3.15. The smallest absolute Gasteiger partial charge is 0.410 e. The molecule has 0 heterocycles. The number of hydrogen-bond acceptors (Lipinski definition) is 4. The molecule has 1 amide bonds. The van der Waals surface area contributed by atoms with Gasteiger partial charge < -0.3 is 14.4 Å². The zero-order valence-corrected chi connectivity index (χ0v) is 17.5. The third kappa shape index (κ3) is 6.89. The van der Waals surface area contributed by atoms with Crippen LogP contribution in [0, 0.1) is 5.92 Å². The molecule has 1 aromatic rings. The Kier molecular flexibility index (Phi) is 10.5. The normalized spacial score (nSPS) is 12.9. The van der Waals surface area contributed by atoms with E-state index >= 15 is 0 Å². The molecular formula is C22H35NO4. The Bertz CT molecular complexity index is 587. The average molecular weight is 378 g/mol. The first kappa shape index (κ1) is 23.0. The van der Waals surface area contributed by atoms with Crippen LogP contribution in [0.3, 0.4) is 0 Å². The molecule has 0 aliphatic heterocycles. The van der Waals surface area contributed by atoms with Crippen LogP contribution in [0.4, 0.5) is 4.79 Å². The van der Waals surface area contributed by atoms with Gasteiger partial charge in [0.15, 0.2) is 0 Å². The summed E-state index contributed by atoms with van der Waals surface area (Å²) in [5.41, 5.74) is 1.29. The molecule has 0 radical (unpaired) electrons. The van der Waals surface area contributed by atoms with Gasteiger partial charge in [0.05, 0.1) is 24.8 Å². The molecule has 0 N–H and O–H groups in total. The largest absolute Gasteiger partial charge is 0.462 e. The van der Waals surface area contributed by atoms with Crippen LogP contribution in [0.2, 0.25) is 0 Å². The second kappa shape index (κ2) is 12.4. The van der Waals surface area contributed by atoms with E-state index in [0.29, 0.717) is 31.2 Å². The van der Waals surface area contributed by atoms with Crippen molar-refractivity contribution in [1.82, 2.24) is 4.90 Å². The second-order valence-electron chi connectivity index (χ2n) is 6.76. The number of nitrogens with zero attached hydrogens (tertiary/aromatic N) is 1. The van der Waals surface area contributed by atoms with Crippen molar-refractivity contribution in [3.8, 4) is 0 Å². The molecule has 1 rings (SSSR count). The highest BCUT2D eigenvalue weighted by Gasteiger charge is 2.25. The third-order valence-corrected chi connectivity index (χ3v) is 4.93. The van der Waals surface area contributed by atoms with Crippen LogP contribution in [0.5, 0.6) is 0 Å². The Morgan fingerprint density at radius 2 is 1.78 bits per heavy atom. The molecule has 0 fully saturated rings. The molecule has 2 atom stereocenters. The van der Waals surface area contributed by atoms with E-state index in [4.69, 9.17) is 9.47 Å². The maximum atomic E-state index is 12.7. The van der Waals surface area contributed by atoms with Gasteiger partial charge in [0.2, 0.25) is 0 Å². The fraction of sp³-hybridized carbons (Fsp3) is 0.636. The number of ether oxygens (including phenoxy) is 2. The van der Waals surface area contributed by atoms with E-state index in [0.717, 1.165) is 31.2 Å². The first-order valence-electron chi connectivity index (χ1n) is 10.2. The third-order valence-electron chi connectivity index (χ3n) is 4.93. The Hall–Kier alpha value is -2.04. The van der Waals surface area contributed by atoms with E-state index in [1.54, 1.807) is 17.9 Å². The molecule has 5 heteroatoms. The van der Waals surface area contributed by atoms with Crippen LogP contribution >= 0.6 is 0 Å². The molecular weight excluding hydrogens is 342 g/mol. The topological polar surface area (TPSA) is 55.8 Å². The summed E-state index contributed by atoms with van der Waals surface area (Å²) in [6.07, 6.45) is 3.99. The highest BCUT2D eigenvalue weighted by Crippen LogP contribution is 2.25. The highest BCUT2D eigenvalue weighted by molar-refractivity contribution is 5.91. The molecule has 1 aromatic carbocycles. The van der Waals surface area contributed by atoms with E-state index in [2.05, 4.69) is 13.8 Å². The Morgan fingerprint density at radius 1 is 1.07 bits per heavy atom. The number of unbranched alkanes of at least 4 members (excludes halogenated alkanes) is 1. The van der Waals surface area contributed by atoms with Crippen molar-refractivity contribution < 1.29 is 19.1 Å². The summed E-state index contributed by atoms with van der Waals surface area (Å²) in [7, 11) is 0. The van der Waals surface area contributed by atoms with Gasteiger partial charge in [-0.15, -0.1) is 0 Å². The van der Waals surface area contributed by atoms with Crippen LogP contribution in [0.15, 0.2) is 24.3 Å². The van der Waals surface area contributed by atoms with Gasteiger partial charge in [-0.2, -0.15) is 0 Å². The molecule has 0 aromatic heterocycles. The number of rotatable bonds is 11. The van der Waals surface area contributed by atoms with Gasteiger partial charge in [-0.05, 0) is 44.7 Å². The van der Waals surface area contributed by atoms with Crippen LogP contribution in [-0.4, -0.2) is 36.7 Å². The molecule has 0 aliphatic carbocycles. The Balaban J connectivity index is 2.91. The second-order valence-corrected chi connectivity index (χ2v) is 6.76. The summed E-state index contributed by atoms with van der Waals surface area (Å²) < 4.78 is 10.8. The summed E-state index contributed by atoms with van der Waals surface area (Å²) in [6, 6.07) is 7.05. The van der Waals surface area contributed by atoms with Crippen molar-refractivity contribution in [2.24, 2.45) is 5.92 Å². The van der Waals surface area contributed by atoms with Crippen LogP contribution in [0.25, 0.3) is 0 Å². The Morgan fingerprint density at radius 3 is 2.37 bits per heavy atom. The number of benzene rings is 1. The van der Waals surface area contributed by atoms with Gasteiger partial charge in [-0.25, -0.2) is 9.59 Å². The summed E-state index contributed by atoms with van der Waals surface area (Å²) >= 11 is 0. The van der Waals surface area contributed by atoms with Crippen molar-refractivity contribution in [2.75, 3.05) is 19.8 Å². The van der Waals surface area contributed by atoms with Crippen molar-refractivity contribution in [3.05, 3.63) is 35.4 Å². The quantitative estimate of drug-likeness (QED) is 0.471. The van der Waals surface area contributed by atoms with Gasteiger partial charge >= 0.3 is 12.1 Å². The SMILES string of the molecule is CCCCC(CC)COC(=O)c1ccccc1C(C)N(CC)C(=O)OCC. The van der Waals surface area contributed by atoms with Crippen molar-refractivity contribution >= 4 is 12.1 Å². The predicted molar refractivity (Wildman–Crippen MR) is 108 cm³/mol. The summed E-state index contributed by atoms with van der Waals surface area (Å²) in [6.45, 7) is 11.1. The van der Waals surface area contributed by atoms with Crippen molar-refractivity contribution in [2.45, 2.75) is 66.3 Å². The molecule has 0 saturated heterocycles. The van der Waals surface area contributed by atoms with Gasteiger partial charge in [-0.3, -0.25) is 0 Å². The van der Waals surface area contributed by atoms with Gasteiger partial charge in [0.25, 0.3) is 0 Å². The molecule has 0 aliphatic rings. The predicted octanol–water partition coefficient (Wildman–Crippen LogP) is 5.60. The van der Waals surface area contributed by atoms with Crippen LogP contribution < -0.4 is 0 Å². The van der Waals surface area contributed by atoms with Crippen LogP contribution in [0.1, 0.15) is 82.3 Å². The number of carbonyl (C=O) groups is 2. The number of amides is 1. The monoisotopic (exact) mass is 377 g/mol. The zero-order chi connectivity index (χ0) is 20.2. The minimum Gasteiger partial charge on any atom is -0.462 e. The summed E-state index contributed by atoms with van der Waals surface area (Å²) in [5, 5.41) is 0. The molecule has 2 unspecified atom stereocenters. The lowest BCUT2D eigenvalue weighted by Crippen LogP contribution is -2.34. The van der Waals surface area contributed by atoms with Crippen molar-refractivity contribution in [3.63, 3.8) is 0 Å². The molecule has 5 nitrogen and oxygen atoms in total. The van der Waals surface area contributed by atoms with E-state index in [9.17, 15) is 9.59 Å². The number of esters is 1. The number of hydrogen-bond donors (Lipinski definition) is 0. The van der Waals surface area contributed by atoms with Crippen molar-refractivity contribution in [1.29, 1.82) is 0 Å². The van der Waals surface area contributed by atoms with E-state index in [-0.39, 0.29) is 18.1 Å². The lowest BCUT2D eigenvalue weighted by molar-refractivity contribution is 0.0422. The lowest BCUT2D eigenvalue weighted by Gasteiger charge is -2.28. The molecule has 0 saturated carbocycles. The molecule has 0 bridgehead atoms. The minimum atomic E-state index is -0.374. The fourth-order valence-electron chi connectivity index (χ4n) is 3.15. The number of carbonyl (C=O) groups excluding carboxylic acids is 2. The first-order chi connectivity index (χ1) is 13.0. The van der Waals surface area contributed by atoms with Crippen LogP contribution in [-0.2, 0) is 9.47 Å². The van der Waals surface area contributed by atoms with Gasteiger partial charge in [-0.1, -0.05) is 51.3 Å². The molecule has 0 spiro atoms. The molecule has 27 heavy (non-hydrogen) atoms. The van der Waals surface area contributed by atoms with E-state index < -0.39 is 0 Å². The van der Waals surface area contributed by atoms with E-state index in [1.807, 2.05) is 32.0 Å². The minimum absolute atomic E-state index is 0.278. The van der Waals surface area contributed by atoms with Gasteiger partial charge in [0, 0.05) is 6.54 Å². The summed E-state index contributed by atoms with van der Waals surface area (Å²) in [4.78, 5) is 26.5. The average Bonchev–Trinajstić information content (AvgIpc) is 2.68. The lowest BCUT2D eigenvalue weighted by atomic mass is 9.99. The Labute approximate surface area is 164 Å². The standard InChI is InChI=1S/C22H35NO4/c1-6-10-13-18(7-2)16-27-21(24)20-15-12-11-14-19(20)17(5)23(8-3)22(25)26-9-4/h11-12,14-15,17-18H,6-10,13,16H2,1-5H3. The molecule has 152 valence electrons.